The number of rotatable bonds is 10. The first kappa shape index (κ1) is 26.0. The summed E-state index contributed by atoms with van der Waals surface area (Å²) in [6.45, 7) is 0. The third-order valence-electron chi connectivity index (χ3n) is 6.12. The lowest BCUT2D eigenvalue weighted by molar-refractivity contribution is 0.414. The van der Waals surface area contributed by atoms with E-state index in [1.54, 1.807) is 50.6 Å². The van der Waals surface area contributed by atoms with Crippen LogP contribution >= 0.6 is 0 Å². The molecule has 2 atom stereocenters. The second-order valence-corrected chi connectivity index (χ2v) is 10.7. The largest absolute Gasteiger partial charge is 0.497 e. The van der Waals surface area contributed by atoms with Gasteiger partial charge in [0.05, 0.1) is 14.2 Å². The third kappa shape index (κ3) is 6.57. The highest BCUT2D eigenvalue weighted by atomic mass is 32.2. The molecule has 4 rings (SSSR count). The summed E-state index contributed by atoms with van der Waals surface area (Å²) >= 11 is 0. The minimum Gasteiger partial charge on any atom is -0.497 e. The maximum Gasteiger partial charge on any atom is 0.171 e. The Kier molecular flexibility index (Phi) is 8.60. The van der Waals surface area contributed by atoms with Crippen molar-refractivity contribution >= 4 is 22.0 Å². The normalized spacial score (nSPS) is 13.5. The van der Waals surface area contributed by atoms with Crippen LogP contribution in [0, 0.1) is 0 Å². The fourth-order valence-corrected chi connectivity index (χ4v) is 6.08. The Labute approximate surface area is 219 Å². The summed E-state index contributed by atoms with van der Waals surface area (Å²) in [5, 5.41) is -1.77. The summed E-state index contributed by atoms with van der Waals surface area (Å²) in [5.41, 5.74) is 3.19. The molecule has 4 aromatic rings. The van der Waals surface area contributed by atoms with Crippen molar-refractivity contribution in [3.63, 3.8) is 0 Å². The van der Waals surface area contributed by atoms with Crippen LogP contribution in [0.5, 0.6) is 11.5 Å². The zero-order valence-electron chi connectivity index (χ0n) is 20.9. The Balaban J connectivity index is 1.82. The smallest absolute Gasteiger partial charge is 0.171 e. The van der Waals surface area contributed by atoms with Crippen molar-refractivity contribution in [1.82, 2.24) is 0 Å². The Hall–Kier alpha value is -4.09. The number of benzene rings is 4. The van der Waals surface area contributed by atoms with E-state index in [0.717, 1.165) is 11.1 Å². The molecule has 0 saturated carbocycles. The van der Waals surface area contributed by atoms with Gasteiger partial charge in [0.1, 0.15) is 22.0 Å². The van der Waals surface area contributed by atoms with Crippen molar-refractivity contribution in [3.05, 3.63) is 144 Å². The average Bonchev–Trinajstić information content (AvgIpc) is 2.95. The molecule has 5 heteroatoms. The molecule has 4 nitrogen and oxygen atoms in total. The van der Waals surface area contributed by atoms with E-state index in [2.05, 4.69) is 0 Å². The van der Waals surface area contributed by atoms with Gasteiger partial charge in [-0.1, -0.05) is 109 Å². The van der Waals surface area contributed by atoms with Crippen molar-refractivity contribution in [2.45, 2.75) is 10.5 Å². The maximum atomic E-state index is 14.4. The molecule has 0 aliphatic heterocycles. The van der Waals surface area contributed by atoms with Gasteiger partial charge in [-0.15, -0.1) is 0 Å². The highest BCUT2D eigenvalue weighted by Crippen LogP contribution is 2.38. The molecular weight excluding hydrogens is 480 g/mol. The molecule has 188 valence electrons. The molecule has 0 bridgehead atoms. The van der Waals surface area contributed by atoms with E-state index in [1.807, 2.05) is 97.1 Å². The van der Waals surface area contributed by atoms with Gasteiger partial charge >= 0.3 is 0 Å². The highest BCUT2D eigenvalue weighted by molar-refractivity contribution is 7.92. The van der Waals surface area contributed by atoms with Gasteiger partial charge in [-0.05, 0) is 46.5 Å². The molecule has 0 aliphatic rings. The molecule has 37 heavy (non-hydrogen) atoms. The molecule has 0 N–H and O–H groups in total. The topological polar surface area (TPSA) is 52.6 Å². The predicted octanol–water partition coefficient (Wildman–Crippen LogP) is 7.33. The number of sulfone groups is 1. The Morgan fingerprint density at radius 3 is 1.22 bits per heavy atom. The van der Waals surface area contributed by atoms with Crippen LogP contribution in [0.1, 0.15) is 32.8 Å². The maximum absolute atomic E-state index is 14.4. The van der Waals surface area contributed by atoms with Crippen LogP contribution < -0.4 is 9.47 Å². The molecule has 0 amide bonds. The monoisotopic (exact) mass is 510 g/mol. The lowest BCUT2D eigenvalue weighted by atomic mass is 10.1. The number of methoxy groups -OCH3 is 2. The van der Waals surface area contributed by atoms with E-state index in [9.17, 15) is 8.42 Å². The molecule has 4 aromatic carbocycles. The SMILES string of the molecule is COc1ccc(C(C=Cc2ccccc2)S(=O)(=O)C(C=Cc2ccccc2)c2ccc(OC)cc2)cc1. The fraction of sp³-hybridized carbons (Fsp3) is 0.125. The summed E-state index contributed by atoms with van der Waals surface area (Å²) in [6, 6.07) is 33.8. The number of ether oxygens (including phenoxy) is 2. The number of hydrogen-bond donors (Lipinski definition) is 0. The minimum atomic E-state index is -3.80. The molecule has 2 unspecified atom stereocenters. The van der Waals surface area contributed by atoms with Crippen LogP contribution in [0.15, 0.2) is 121 Å². The third-order valence-corrected chi connectivity index (χ3v) is 8.40. The van der Waals surface area contributed by atoms with Crippen molar-refractivity contribution in [3.8, 4) is 11.5 Å². The first-order valence-electron chi connectivity index (χ1n) is 12.0. The Morgan fingerprint density at radius 1 is 0.541 bits per heavy atom. The van der Waals surface area contributed by atoms with E-state index in [0.29, 0.717) is 22.6 Å². The lowest BCUT2D eigenvalue weighted by Crippen LogP contribution is -2.19. The van der Waals surface area contributed by atoms with E-state index in [-0.39, 0.29) is 0 Å². The van der Waals surface area contributed by atoms with Crippen LogP contribution in [0.4, 0.5) is 0 Å². The van der Waals surface area contributed by atoms with Crippen molar-refractivity contribution < 1.29 is 17.9 Å². The van der Waals surface area contributed by atoms with Crippen LogP contribution in [-0.2, 0) is 9.84 Å². The van der Waals surface area contributed by atoms with Gasteiger partial charge in [-0.3, -0.25) is 0 Å². The van der Waals surface area contributed by atoms with Crippen molar-refractivity contribution in [1.29, 1.82) is 0 Å². The van der Waals surface area contributed by atoms with E-state index in [4.69, 9.17) is 9.47 Å². The molecule has 0 aliphatic carbocycles. The first-order valence-corrected chi connectivity index (χ1v) is 13.6. The lowest BCUT2D eigenvalue weighted by Gasteiger charge is -2.22. The van der Waals surface area contributed by atoms with Gasteiger partial charge < -0.3 is 9.47 Å². The Morgan fingerprint density at radius 2 is 0.892 bits per heavy atom. The standard InChI is InChI=1S/C32H30O4S/c1-35-29-19-15-27(16-20-29)31(23-13-25-9-5-3-6-10-25)37(33,34)32(24-14-26-11-7-4-8-12-26)28-17-21-30(36-2)22-18-28/h3-24,31-32H,1-2H3. The molecule has 0 fully saturated rings. The van der Waals surface area contributed by atoms with Gasteiger partial charge in [-0.25, -0.2) is 8.42 Å². The van der Waals surface area contributed by atoms with Crippen LogP contribution in [0.25, 0.3) is 12.2 Å². The summed E-state index contributed by atoms with van der Waals surface area (Å²) < 4.78 is 39.4. The van der Waals surface area contributed by atoms with Crippen molar-refractivity contribution in [2.75, 3.05) is 14.2 Å². The summed E-state index contributed by atoms with van der Waals surface area (Å²) in [5.74, 6) is 1.34. The van der Waals surface area contributed by atoms with Gasteiger partial charge in [0.15, 0.2) is 9.84 Å². The Bertz CT molecular complexity index is 1320. The summed E-state index contributed by atoms with van der Waals surface area (Å²) in [4.78, 5) is 0. The van der Waals surface area contributed by atoms with Crippen LogP contribution in [-0.4, -0.2) is 22.6 Å². The zero-order valence-corrected chi connectivity index (χ0v) is 21.7. The van der Waals surface area contributed by atoms with Gasteiger partial charge in [0.2, 0.25) is 0 Å². The molecule has 0 heterocycles. The molecule has 0 spiro atoms. The second-order valence-electron chi connectivity index (χ2n) is 8.52. The summed E-state index contributed by atoms with van der Waals surface area (Å²) in [6.07, 6.45) is 7.25. The molecular formula is C32H30O4S. The van der Waals surface area contributed by atoms with E-state index in [1.165, 1.54) is 0 Å². The van der Waals surface area contributed by atoms with Gasteiger partial charge in [0, 0.05) is 0 Å². The van der Waals surface area contributed by atoms with Gasteiger partial charge in [0.25, 0.3) is 0 Å². The number of hydrogen-bond acceptors (Lipinski definition) is 4. The van der Waals surface area contributed by atoms with Gasteiger partial charge in [-0.2, -0.15) is 0 Å². The van der Waals surface area contributed by atoms with E-state index < -0.39 is 20.3 Å². The minimum absolute atomic E-state index is 0.666. The van der Waals surface area contributed by atoms with Crippen molar-refractivity contribution in [2.24, 2.45) is 0 Å². The quantitative estimate of drug-likeness (QED) is 0.224. The molecule has 0 aromatic heterocycles. The molecule has 0 saturated heterocycles. The highest BCUT2D eigenvalue weighted by Gasteiger charge is 2.33. The van der Waals surface area contributed by atoms with E-state index >= 15 is 0 Å². The second kappa shape index (κ2) is 12.2. The van der Waals surface area contributed by atoms with Crippen LogP contribution in [0.3, 0.4) is 0 Å². The zero-order chi connectivity index (χ0) is 26.1. The molecule has 0 radical (unpaired) electrons. The first-order chi connectivity index (χ1) is 18.0. The average molecular weight is 511 g/mol. The fourth-order valence-electron chi connectivity index (χ4n) is 4.09. The summed E-state index contributed by atoms with van der Waals surface area (Å²) in [7, 11) is -0.624. The predicted molar refractivity (Wildman–Crippen MR) is 151 cm³/mol. The van der Waals surface area contributed by atoms with Crippen LogP contribution in [0.2, 0.25) is 0 Å².